The fourth-order valence-corrected chi connectivity index (χ4v) is 4.39. The van der Waals surface area contributed by atoms with E-state index in [1.807, 2.05) is 19.9 Å². The third kappa shape index (κ3) is 2.81. The Kier molecular flexibility index (Phi) is 4.61. The molecule has 2 aromatic rings. The van der Waals surface area contributed by atoms with Gasteiger partial charge in [0.15, 0.2) is 5.11 Å². The Hall–Kier alpha value is -2.87. The van der Waals surface area contributed by atoms with Crippen LogP contribution < -0.4 is 15.1 Å². The van der Waals surface area contributed by atoms with E-state index in [1.165, 1.54) is 24.1 Å². The summed E-state index contributed by atoms with van der Waals surface area (Å²) in [6, 6.07) is 6.21. The molecule has 1 aliphatic heterocycles. The van der Waals surface area contributed by atoms with Crippen LogP contribution in [0.15, 0.2) is 30.5 Å². The first-order valence-corrected chi connectivity index (χ1v) is 9.84. The zero-order valence-corrected chi connectivity index (χ0v) is 17.3. The maximum atomic E-state index is 14.6. The first kappa shape index (κ1) is 19.4. The van der Waals surface area contributed by atoms with Gasteiger partial charge in [0, 0.05) is 18.4 Å². The van der Waals surface area contributed by atoms with Gasteiger partial charge in [0.2, 0.25) is 0 Å². The molecule has 1 spiro atoms. The fourth-order valence-electron chi connectivity index (χ4n) is 3.92. The van der Waals surface area contributed by atoms with Crippen LogP contribution in [0.1, 0.15) is 40.9 Å². The number of hydrogen-bond donors (Lipinski definition) is 1. The first-order valence-electron chi connectivity index (χ1n) is 9.44. The molecule has 2 fully saturated rings. The van der Waals surface area contributed by atoms with Crippen molar-refractivity contribution in [1.82, 2.24) is 10.3 Å². The van der Waals surface area contributed by atoms with Crippen LogP contribution in [0.2, 0.25) is 0 Å². The normalized spacial score (nSPS) is 17.7. The van der Waals surface area contributed by atoms with Crippen molar-refractivity contribution in [2.24, 2.45) is 0 Å². The Morgan fingerprint density at radius 3 is 2.52 bits per heavy atom. The number of amides is 2. The molecule has 1 saturated carbocycles. The summed E-state index contributed by atoms with van der Waals surface area (Å²) >= 11 is 5.68. The second kappa shape index (κ2) is 6.88. The maximum Gasteiger partial charge on any atom is 0.259 e. The van der Waals surface area contributed by atoms with E-state index in [1.54, 1.807) is 17.2 Å². The summed E-state index contributed by atoms with van der Waals surface area (Å²) in [4.78, 5) is 32.8. The van der Waals surface area contributed by atoms with Gasteiger partial charge in [-0.15, -0.1) is 0 Å². The monoisotopic (exact) mass is 412 g/mol. The van der Waals surface area contributed by atoms with Crippen molar-refractivity contribution in [3.8, 4) is 0 Å². The average Bonchev–Trinajstić information content (AvgIpc) is 2.90. The number of hydrogen-bond acceptors (Lipinski definition) is 4. The van der Waals surface area contributed by atoms with Gasteiger partial charge in [-0.3, -0.25) is 19.5 Å². The van der Waals surface area contributed by atoms with Gasteiger partial charge >= 0.3 is 0 Å². The predicted octanol–water partition coefficient (Wildman–Crippen LogP) is 3.26. The molecule has 2 aliphatic rings. The van der Waals surface area contributed by atoms with Gasteiger partial charge in [-0.1, -0.05) is 0 Å². The summed E-state index contributed by atoms with van der Waals surface area (Å²) < 4.78 is 14.6. The van der Waals surface area contributed by atoms with Gasteiger partial charge < -0.3 is 10.2 Å². The zero-order valence-electron chi connectivity index (χ0n) is 16.5. The minimum Gasteiger partial charge on any atom is -0.355 e. The van der Waals surface area contributed by atoms with Crippen molar-refractivity contribution in [3.05, 3.63) is 53.1 Å². The van der Waals surface area contributed by atoms with Crippen LogP contribution >= 0.6 is 12.2 Å². The number of benzene rings is 1. The quantitative estimate of drug-likeness (QED) is 0.784. The van der Waals surface area contributed by atoms with E-state index in [0.717, 1.165) is 17.7 Å². The minimum atomic E-state index is -0.809. The van der Waals surface area contributed by atoms with Crippen LogP contribution in [-0.4, -0.2) is 34.5 Å². The smallest absolute Gasteiger partial charge is 0.259 e. The van der Waals surface area contributed by atoms with E-state index in [2.05, 4.69) is 10.3 Å². The second-order valence-corrected chi connectivity index (χ2v) is 7.85. The van der Waals surface area contributed by atoms with E-state index < -0.39 is 17.3 Å². The number of carbonyl (C=O) groups excluding carboxylic acids is 2. The highest BCUT2D eigenvalue weighted by Crippen LogP contribution is 2.47. The third-order valence-corrected chi connectivity index (χ3v) is 6.22. The molecule has 1 aliphatic carbocycles. The molecule has 6 nitrogen and oxygen atoms in total. The molecule has 150 valence electrons. The number of anilines is 2. The molecule has 0 unspecified atom stereocenters. The maximum absolute atomic E-state index is 14.6. The lowest BCUT2D eigenvalue weighted by Gasteiger charge is -2.43. The second-order valence-electron chi connectivity index (χ2n) is 7.48. The number of aromatic nitrogens is 1. The molecular weight excluding hydrogens is 391 g/mol. The lowest BCUT2D eigenvalue weighted by Crippen LogP contribution is -2.55. The fraction of sp³-hybridized carbons (Fsp3) is 0.333. The first-order chi connectivity index (χ1) is 13.8. The van der Waals surface area contributed by atoms with E-state index in [4.69, 9.17) is 12.2 Å². The van der Waals surface area contributed by atoms with Gasteiger partial charge in [0.25, 0.3) is 11.8 Å². The van der Waals surface area contributed by atoms with Crippen molar-refractivity contribution in [3.63, 3.8) is 0 Å². The van der Waals surface area contributed by atoms with Crippen molar-refractivity contribution >= 4 is 40.5 Å². The highest BCUT2D eigenvalue weighted by Gasteiger charge is 2.59. The molecule has 1 N–H and O–H groups in total. The van der Waals surface area contributed by atoms with Crippen LogP contribution in [0.5, 0.6) is 0 Å². The van der Waals surface area contributed by atoms with E-state index >= 15 is 0 Å². The summed E-state index contributed by atoms with van der Waals surface area (Å²) in [6.45, 7) is 3.83. The number of nitrogens with one attached hydrogen (secondary N) is 1. The summed E-state index contributed by atoms with van der Waals surface area (Å²) in [7, 11) is 1.45. The number of aryl methyl sites for hydroxylation is 2. The van der Waals surface area contributed by atoms with E-state index in [-0.39, 0.29) is 11.5 Å². The SMILES string of the molecule is CNC(=O)c1ccc(N2C(=S)N(c3cnc(C)c(C)c3)C(=O)C23CCC3)cc1F. The van der Waals surface area contributed by atoms with Crippen molar-refractivity contribution in [2.75, 3.05) is 16.8 Å². The Morgan fingerprint density at radius 1 is 1.24 bits per heavy atom. The van der Waals surface area contributed by atoms with Crippen LogP contribution in [0, 0.1) is 19.7 Å². The molecule has 0 bridgehead atoms. The highest BCUT2D eigenvalue weighted by molar-refractivity contribution is 7.81. The molecule has 2 heterocycles. The largest absolute Gasteiger partial charge is 0.355 e. The number of nitrogens with zero attached hydrogens (tertiary/aromatic N) is 3. The number of carbonyl (C=O) groups is 2. The van der Waals surface area contributed by atoms with Gasteiger partial charge in [-0.25, -0.2) is 4.39 Å². The lowest BCUT2D eigenvalue weighted by molar-refractivity contribution is -0.123. The molecule has 8 heteroatoms. The van der Waals surface area contributed by atoms with Gasteiger partial charge in [-0.2, -0.15) is 0 Å². The molecule has 29 heavy (non-hydrogen) atoms. The molecule has 0 atom stereocenters. The molecule has 2 amide bonds. The summed E-state index contributed by atoms with van der Waals surface area (Å²) in [5.74, 6) is -1.28. The average molecular weight is 412 g/mol. The van der Waals surface area contributed by atoms with Crippen molar-refractivity contribution in [1.29, 1.82) is 0 Å². The molecule has 1 saturated heterocycles. The topological polar surface area (TPSA) is 65.5 Å². The summed E-state index contributed by atoms with van der Waals surface area (Å²) in [6.07, 6.45) is 3.81. The molecule has 1 aromatic carbocycles. The Labute approximate surface area is 173 Å². The van der Waals surface area contributed by atoms with Crippen LogP contribution in [-0.2, 0) is 4.79 Å². The van der Waals surface area contributed by atoms with Crippen LogP contribution in [0.3, 0.4) is 0 Å². The zero-order chi connectivity index (χ0) is 20.9. The van der Waals surface area contributed by atoms with E-state index in [9.17, 15) is 14.0 Å². The molecule has 0 radical (unpaired) electrons. The Bertz CT molecular complexity index is 1050. The number of pyridine rings is 1. The number of rotatable bonds is 3. The minimum absolute atomic E-state index is 0.0504. The van der Waals surface area contributed by atoms with Crippen LogP contribution in [0.4, 0.5) is 15.8 Å². The Morgan fingerprint density at radius 2 is 1.97 bits per heavy atom. The summed E-state index contributed by atoms with van der Waals surface area (Å²) in [5, 5.41) is 2.71. The third-order valence-electron chi connectivity index (χ3n) is 5.86. The molecule has 1 aromatic heterocycles. The number of thiocarbonyl (C=S) groups is 1. The molecule has 4 rings (SSSR count). The van der Waals surface area contributed by atoms with Gasteiger partial charge in [0.1, 0.15) is 11.4 Å². The van der Waals surface area contributed by atoms with Gasteiger partial charge in [-0.05, 0) is 75.2 Å². The standard InChI is InChI=1S/C21H21FN4O2S/c1-12-9-15(11-24-13(12)2)25-19(28)21(7-4-8-21)26(20(25)29)14-5-6-16(17(22)10-14)18(27)23-3/h5-6,9-11H,4,7-8H2,1-3H3,(H,23,27). The summed E-state index contributed by atoms with van der Waals surface area (Å²) in [5.41, 5.74) is 2.06. The lowest BCUT2D eigenvalue weighted by atomic mass is 9.75. The van der Waals surface area contributed by atoms with Crippen LogP contribution in [0.25, 0.3) is 0 Å². The van der Waals surface area contributed by atoms with E-state index in [0.29, 0.717) is 29.3 Å². The van der Waals surface area contributed by atoms with Crippen molar-refractivity contribution in [2.45, 2.75) is 38.6 Å². The number of halogens is 1. The highest BCUT2D eigenvalue weighted by atomic mass is 32.1. The predicted molar refractivity (Wildman–Crippen MR) is 113 cm³/mol. The Balaban J connectivity index is 1.78. The van der Waals surface area contributed by atoms with Crippen molar-refractivity contribution < 1.29 is 14.0 Å². The molecular formula is C21H21FN4O2S. The van der Waals surface area contributed by atoms with Gasteiger partial charge in [0.05, 0.1) is 17.4 Å².